The number of para-hydroxylation sites is 1. The Morgan fingerprint density at radius 2 is 1.75 bits per heavy atom. The molecule has 0 saturated carbocycles. The molecule has 4 N–H and O–H groups in total. The number of nitrogens with zero attached hydrogens (tertiary/aromatic N) is 4. The Labute approximate surface area is 188 Å². The van der Waals surface area contributed by atoms with Crippen LogP contribution in [0.3, 0.4) is 0 Å². The highest BCUT2D eigenvalue weighted by atomic mass is 15.3. The number of fused-ring (bicyclic) bond motifs is 1. The molecule has 1 fully saturated rings. The van der Waals surface area contributed by atoms with Crippen molar-refractivity contribution in [1.82, 2.24) is 25.7 Å². The molecule has 0 bridgehead atoms. The fourth-order valence-electron chi connectivity index (χ4n) is 4.75. The fraction of sp³-hybridized carbons (Fsp3) is 0.320. The standard InChI is InChI=1S/C25H29N7/c26-23-17-22(24-25(28-23)30-31-29-24)21(18-7-3-1-4-8-18)11-14-27-19-12-15-32(16-13-19)20-9-5-2-6-10-20/h1-10,17,19,21,27H,11-16H2,(H3,26,28,29,30,31). The van der Waals surface area contributed by atoms with Gasteiger partial charge in [0.05, 0.1) is 0 Å². The van der Waals surface area contributed by atoms with E-state index < -0.39 is 0 Å². The first-order chi connectivity index (χ1) is 15.8. The third-order valence-corrected chi connectivity index (χ3v) is 6.41. The number of H-pyrrole nitrogens is 1. The fourth-order valence-corrected chi connectivity index (χ4v) is 4.75. The van der Waals surface area contributed by atoms with Gasteiger partial charge in [-0.05, 0) is 55.1 Å². The highest BCUT2D eigenvalue weighted by Crippen LogP contribution is 2.32. The topological polar surface area (TPSA) is 95.7 Å². The van der Waals surface area contributed by atoms with Gasteiger partial charge in [-0.1, -0.05) is 53.7 Å². The monoisotopic (exact) mass is 427 g/mol. The minimum Gasteiger partial charge on any atom is -0.384 e. The van der Waals surface area contributed by atoms with Gasteiger partial charge < -0.3 is 16.0 Å². The van der Waals surface area contributed by atoms with Gasteiger partial charge in [-0.25, -0.2) is 10.1 Å². The maximum atomic E-state index is 6.10. The van der Waals surface area contributed by atoms with Crippen molar-refractivity contribution in [3.05, 3.63) is 77.9 Å². The van der Waals surface area contributed by atoms with Crippen LogP contribution in [-0.2, 0) is 0 Å². The Bertz CT molecular complexity index is 1130. The molecule has 7 heteroatoms. The van der Waals surface area contributed by atoms with Crippen LogP contribution < -0.4 is 16.0 Å². The first kappa shape index (κ1) is 20.5. The number of hydrogen-bond acceptors (Lipinski definition) is 6. The molecule has 0 aliphatic carbocycles. The summed E-state index contributed by atoms with van der Waals surface area (Å²) in [6, 6.07) is 23.7. The molecule has 7 nitrogen and oxygen atoms in total. The number of piperidine rings is 1. The number of benzene rings is 2. The summed E-state index contributed by atoms with van der Waals surface area (Å²) in [4.78, 5) is 6.81. The Morgan fingerprint density at radius 1 is 1.03 bits per heavy atom. The van der Waals surface area contributed by atoms with Gasteiger partial charge in [0, 0.05) is 30.7 Å². The van der Waals surface area contributed by atoms with Crippen LogP contribution in [-0.4, -0.2) is 46.1 Å². The van der Waals surface area contributed by atoms with Gasteiger partial charge in [0.25, 0.3) is 0 Å². The van der Waals surface area contributed by atoms with Crippen molar-refractivity contribution < 1.29 is 0 Å². The van der Waals surface area contributed by atoms with Gasteiger partial charge in [0.1, 0.15) is 11.3 Å². The maximum Gasteiger partial charge on any atom is 0.178 e. The van der Waals surface area contributed by atoms with Crippen LogP contribution in [0.4, 0.5) is 11.5 Å². The van der Waals surface area contributed by atoms with E-state index >= 15 is 0 Å². The number of nitrogen functional groups attached to an aromatic ring is 1. The zero-order valence-corrected chi connectivity index (χ0v) is 18.1. The lowest BCUT2D eigenvalue weighted by Gasteiger charge is -2.34. The molecule has 1 saturated heterocycles. The predicted octanol–water partition coefficient (Wildman–Crippen LogP) is 3.72. The third-order valence-electron chi connectivity index (χ3n) is 6.41. The molecule has 1 atom stereocenters. The van der Waals surface area contributed by atoms with E-state index in [1.165, 1.54) is 11.3 Å². The number of aromatic amines is 1. The zero-order chi connectivity index (χ0) is 21.8. The number of rotatable bonds is 7. The summed E-state index contributed by atoms with van der Waals surface area (Å²) < 4.78 is 0. The van der Waals surface area contributed by atoms with Crippen molar-refractivity contribution in [2.45, 2.75) is 31.2 Å². The Balaban J connectivity index is 1.26. The molecule has 32 heavy (non-hydrogen) atoms. The van der Waals surface area contributed by atoms with Crippen LogP contribution in [0.2, 0.25) is 0 Å². The van der Waals surface area contributed by atoms with E-state index in [1.54, 1.807) is 0 Å². The van der Waals surface area contributed by atoms with Crippen molar-refractivity contribution in [2.75, 3.05) is 30.3 Å². The molecule has 1 unspecified atom stereocenters. The summed E-state index contributed by atoms with van der Waals surface area (Å²) in [6.45, 7) is 3.10. The van der Waals surface area contributed by atoms with Crippen molar-refractivity contribution in [1.29, 1.82) is 0 Å². The van der Waals surface area contributed by atoms with Crippen LogP contribution in [0, 0.1) is 0 Å². The minimum atomic E-state index is 0.172. The third kappa shape index (κ3) is 4.43. The lowest BCUT2D eigenvalue weighted by atomic mass is 9.88. The lowest BCUT2D eigenvalue weighted by molar-refractivity contribution is 0.409. The molecule has 1 aliphatic rings. The van der Waals surface area contributed by atoms with E-state index in [9.17, 15) is 0 Å². The van der Waals surface area contributed by atoms with Crippen molar-refractivity contribution >= 4 is 22.7 Å². The van der Waals surface area contributed by atoms with E-state index in [4.69, 9.17) is 5.73 Å². The first-order valence-corrected chi connectivity index (χ1v) is 11.3. The van der Waals surface area contributed by atoms with E-state index in [1.807, 2.05) is 12.1 Å². The number of pyridine rings is 1. The molecule has 3 heterocycles. The summed E-state index contributed by atoms with van der Waals surface area (Å²) in [5, 5.41) is 14.9. The molecule has 164 valence electrons. The van der Waals surface area contributed by atoms with Crippen molar-refractivity contribution in [3.8, 4) is 0 Å². The predicted molar refractivity (Wildman–Crippen MR) is 129 cm³/mol. The quantitative estimate of drug-likeness (QED) is 0.416. The van der Waals surface area contributed by atoms with E-state index in [-0.39, 0.29) is 5.92 Å². The summed E-state index contributed by atoms with van der Waals surface area (Å²) in [7, 11) is 0. The molecule has 4 aromatic rings. The Kier molecular flexibility index (Phi) is 5.98. The maximum absolute atomic E-state index is 6.10. The van der Waals surface area contributed by atoms with Gasteiger partial charge >= 0.3 is 0 Å². The Morgan fingerprint density at radius 3 is 2.50 bits per heavy atom. The molecule has 0 spiro atoms. The lowest BCUT2D eigenvalue weighted by Crippen LogP contribution is -2.43. The van der Waals surface area contributed by atoms with E-state index in [0.29, 0.717) is 17.5 Å². The zero-order valence-electron chi connectivity index (χ0n) is 18.1. The average molecular weight is 428 g/mol. The molecule has 1 aliphatic heterocycles. The average Bonchev–Trinajstić information content (AvgIpc) is 3.31. The molecule has 0 radical (unpaired) electrons. The van der Waals surface area contributed by atoms with Gasteiger partial charge in [-0.15, -0.1) is 5.10 Å². The second kappa shape index (κ2) is 9.36. The second-order valence-electron chi connectivity index (χ2n) is 8.45. The Hall–Kier alpha value is -3.45. The van der Waals surface area contributed by atoms with Crippen molar-refractivity contribution in [2.24, 2.45) is 0 Å². The van der Waals surface area contributed by atoms with Crippen LogP contribution in [0.1, 0.15) is 36.3 Å². The highest BCUT2D eigenvalue weighted by Gasteiger charge is 2.22. The number of hydrogen-bond donors (Lipinski definition) is 3. The summed E-state index contributed by atoms with van der Waals surface area (Å²) in [6.07, 6.45) is 3.26. The van der Waals surface area contributed by atoms with E-state index in [0.717, 1.165) is 50.0 Å². The number of anilines is 2. The molecule has 2 aromatic carbocycles. The number of aromatic nitrogens is 4. The second-order valence-corrected chi connectivity index (χ2v) is 8.45. The van der Waals surface area contributed by atoms with Crippen molar-refractivity contribution in [3.63, 3.8) is 0 Å². The first-order valence-electron chi connectivity index (χ1n) is 11.3. The van der Waals surface area contributed by atoms with Gasteiger partial charge in [-0.2, -0.15) is 0 Å². The molecule has 5 rings (SSSR count). The normalized spacial score (nSPS) is 15.8. The van der Waals surface area contributed by atoms with Crippen LogP contribution in [0.25, 0.3) is 11.2 Å². The van der Waals surface area contributed by atoms with Gasteiger partial charge in [-0.3, -0.25) is 0 Å². The number of nitrogens with one attached hydrogen (secondary N) is 2. The van der Waals surface area contributed by atoms with Gasteiger partial charge in [0.15, 0.2) is 5.65 Å². The molecule has 0 amide bonds. The summed E-state index contributed by atoms with van der Waals surface area (Å²) >= 11 is 0. The largest absolute Gasteiger partial charge is 0.384 e. The highest BCUT2D eigenvalue weighted by molar-refractivity contribution is 5.77. The molecule has 2 aromatic heterocycles. The van der Waals surface area contributed by atoms with Crippen LogP contribution in [0.15, 0.2) is 66.7 Å². The van der Waals surface area contributed by atoms with Gasteiger partial charge in [0.2, 0.25) is 0 Å². The SMILES string of the molecule is Nc1cc(C(CCNC2CCN(c3ccccc3)CC2)c2ccccc2)c2nn[nH]c2n1. The smallest absolute Gasteiger partial charge is 0.178 e. The van der Waals surface area contributed by atoms with Crippen LogP contribution in [0.5, 0.6) is 0 Å². The van der Waals surface area contributed by atoms with E-state index in [2.05, 4.69) is 85.2 Å². The molecular weight excluding hydrogens is 398 g/mol. The number of nitrogens with two attached hydrogens (primary N) is 1. The van der Waals surface area contributed by atoms with Crippen LogP contribution >= 0.6 is 0 Å². The summed E-state index contributed by atoms with van der Waals surface area (Å²) in [5.41, 5.74) is 11.2. The summed E-state index contributed by atoms with van der Waals surface area (Å²) in [5.74, 6) is 0.659. The molecular formula is C25H29N7. The minimum absolute atomic E-state index is 0.172.